The molecule has 0 aliphatic carbocycles. The molecular weight excluding hydrogens is 405 g/mol. The fourth-order valence-electron chi connectivity index (χ4n) is 3.14. The Bertz CT molecular complexity index is 971. The van der Waals surface area contributed by atoms with Gasteiger partial charge in [-0.05, 0) is 23.6 Å². The zero-order valence-electron chi connectivity index (χ0n) is 14.4. The summed E-state index contributed by atoms with van der Waals surface area (Å²) in [6, 6.07) is 7.25. The third-order valence-electron chi connectivity index (χ3n) is 4.51. The van der Waals surface area contributed by atoms with Crippen LogP contribution in [0.5, 0.6) is 0 Å². The van der Waals surface area contributed by atoms with Crippen molar-refractivity contribution in [2.45, 2.75) is 0 Å². The lowest BCUT2D eigenvalue weighted by molar-refractivity contribution is -0.117. The molecule has 4 rings (SSSR count). The quantitative estimate of drug-likeness (QED) is 0.694. The Morgan fingerprint density at radius 3 is 2.78 bits per heavy atom. The van der Waals surface area contributed by atoms with Crippen LogP contribution in [0.1, 0.15) is 0 Å². The first kappa shape index (κ1) is 18.4. The number of hydrogen-bond donors (Lipinski definition) is 1. The smallest absolute Gasteiger partial charge is 0.238 e. The Morgan fingerprint density at radius 2 is 1.96 bits per heavy atom. The summed E-state index contributed by atoms with van der Waals surface area (Å²) in [6.07, 6.45) is 1.61. The second kappa shape index (κ2) is 7.98. The molecule has 0 saturated carbocycles. The van der Waals surface area contributed by atoms with Gasteiger partial charge in [-0.3, -0.25) is 9.69 Å². The van der Waals surface area contributed by atoms with Crippen LogP contribution in [0.3, 0.4) is 0 Å². The summed E-state index contributed by atoms with van der Waals surface area (Å²) in [4.78, 5) is 26.5. The molecule has 0 radical (unpaired) electrons. The number of carbonyl (C=O) groups excluding carboxylic acids is 1. The number of halogens is 2. The zero-order chi connectivity index (χ0) is 18.8. The largest absolute Gasteiger partial charge is 0.353 e. The summed E-state index contributed by atoms with van der Waals surface area (Å²) < 4.78 is 0. The van der Waals surface area contributed by atoms with Crippen LogP contribution in [0.4, 0.5) is 11.5 Å². The minimum absolute atomic E-state index is 0.102. The summed E-state index contributed by atoms with van der Waals surface area (Å²) in [7, 11) is 0. The predicted octanol–water partition coefficient (Wildman–Crippen LogP) is 3.76. The molecule has 9 heteroatoms. The molecule has 1 fully saturated rings. The maximum Gasteiger partial charge on any atom is 0.238 e. The summed E-state index contributed by atoms with van der Waals surface area (Å²) in [5.74, 6) is 0.867. The lowest BCUT2D eigenvalue weighted by Crippen LogP contribution is -2.49. The van der Waals surface area contributed by atoms with E-state index in [1.54, 1.807) is 35.9 Å². The number of nitrogens with one attached hydrogen (secondary N) is 1. The van der Waals surface area contributed by atoms with E-state index in [2.05, 4.69) is 31.2 Å². The van der Waals surface area contributed by atoms with Gasteiger partial charge in [-0.25, -0.2) is 9.97 Å². The third-order valence-corrected chi connectivity index (χ3v) is 6.15. The zero-order valence-corrected chi connectivity index (χ0v) is 16.7. The van der Waals surface area contributed by atoms with E-state index in [1.807, 2.05) is 5.38 Å². The molecule has 0 spiro atoms. The van der Waals surface area contributed by atoms with Crippen molar-refractivity contribution in [2.24, 2.45) is 0 Å². The van der Waals surface area contributed by atoms with Gasteiger partial charge >= 0.3 is 0 Å². The molecule has 3 aromatic rings. The first-order chi connectivity index (χ1) is 13.1. The predicted molar refractivity (Wildman–Crippen MR) is 111 cm³/mol. The average Bonchev–Trinajstić information content (AvgIpc) is 3.15. The van der Waals surface area contributed by atoms with Crippen LogP contribution < -0.4 is 10.2 Å². The molecule has 1 aliphatic rings. The molecule has 140 valence electrons. The van der Waals surface area contributed by atoms with Crippen molar-refractivity contribution in [1.29, 1.82) is 0 Å². The highest BCUT2D eigenvalue weighted by molar-refractivity contribution is 7.16. The first-order valence-electron chi connectivity index (χ1n) is 8.51. The van der Waals surface area contributed by atoms with E-state index >= 15 is 0 Å². The Labute approximate surface area is 170 Å². The molecular formula is C18H17Cl2N5OS. The number of rotatable bonds is 4. The number of carbonyl (C=O) groups is 1. The van der Waals surface area contributed by atoms with Crippen molar-refractivity contribution < 1.29 is 4.79 Å². The van der Waals surface area contributed by atoms with Crippen LogP contribution in [-0.4, -0.2) is 53.5 Å². The fourth-order valence-corrected chi connectivity index (χ4v) is 4.22. The molecule has 27 heavy (non-hydrogen) atoms. The van der Waals surface area contributed by atoms with Crippen molar-refractivity contribution in [3.8, 4) is 0 Å². The van der Waals surface area contributed by atoms with Crippen molar-refractivity contribution in [2.75, 3.05) is 42.9 Å². The van der Waals surface area contributed by atoms with Gasteiger partial charge in [0.2, 0.25) is 5.91 Å². The van der Waals surface area contributed by atoms with Gasteiger partial charge in [-0.1, -0.05) is 29.3 Å². The van der Waals surface area contributed by atoms with Crippen LogP contribution in [0, 0.1) is 0 Å². The van der Waals surface area contributed by atoms with Crippen LogP contribution in [0.2, 0.25) is 10.0 Å². The van der Waals surface area contributed by atoms with Crippen LogP contribution in [-0.2, 0) is 4.79 Å². The van der Waals surface area contributed by atoms with Gasteiger partial charge in [0.05, 0.1) is 27.7 Å². The number of benzene rings is 1. The molecule has 3 heterocycles. The highest BCUT2D eigenvalue weighted by Gasteiger charge is 2.22. The molecule has 6 nitrogen and oxygen atoms in total. The SMILES string of the molecule is O=C(CN1CCN(c2ncnc3sccc23)CC1)Nc1cccc(Cl)c1Cl. The first-order valence-corrected chi connectivity index (χ1v) is 10.1. The van der Waals surface area contributed by atoms with Crippen molar-refractivity contribution >= 4 is 62.2 Å². The maximum absolute atomic E-state index is 12.3. The van der Waals surface area contributed by atoms with Gasteiger partial charge in [-0.15, -0.1) is 11.3 Å². The number of thiophene rings is 1. The van der Waals surface area contributed by atoms with Gasteiger partial charge in [0.1, 0.15) is 17.0 Å². The third kappa shape index (κ3) is 4.01. The molecule has 1 amide bonds. The van der Waals surface area contributed by atoms with Crippen LogP contribution >= 0.6 is 34.5 Å². The summed E-state index contributed by atoms with van der Waals surface area (Å²) in [5, 5.41) is 6.74. The standard InChI is InChI=1S/C18H17Cl2N5OS/c19-13-2-1-3-14(16(13)20)23-15(26)10-24-5-7-25(8-6-24)17-12-4-9-27-18(12)22-11-21-17/h1-4,9,11H,5-8,10H2,(H,23,26). The highest BCUT2D eigenvalue weighted by Crippen LogP contribution is 2.30. The van der Waals surface area contributed by atoms with E-state index in [-0.39, 0.29) is 5.91 Å². The topological polar surface area (TPSA) is 61.4 Å². The van der Waals surface area contributed by atoms with Gasteiger partial charge in [-0.2, -0.15) is 0 Å². The van der Waals surface area contributed by atoms with Gasteiger partial charge in [0, 0.05) is 26.2 Å². The highest BCUT2D eigenvalue weighted by atomic mass is 35.5. The molecule has 1 aliphatic heterocycles. The molecule has 1 saturated heterocycles. The van der Waals surface area contributed by atoms with E-state index in [0.717, 1.165) is 42.2 Å². The molecule has 0 unspecified atom stereocenters. The summed E-state index contributed by atoms with van der Waals surface area (Å²) in [5.41, 5.74) is 0.536. The van der Waals surface area contributed by atoms with Gasteiger partial charge < -0.3 is 10.2 Å². The molecule has 0 bridgehead atoms. The van der Waals surface area contributed by atoms with Crippen molar-refractivity contribution in [1.82, 2.24) is 14.9 Å². The van der Waals surface area contributed by atoms with E-state index in [0.29, 0.717) is 22.3 Å². The normalized spacial score (nSPS) is 15.3. The number of amides is 1. The molecule has 0 atom stereocenters. The van der Waals surface area contributed by atoms with Crippen molar-refractivity contribution in [3.63, 3.8) is 0 Å². The summed E-state index contributed by atoms with van der Waals surface area (Å²) in [6.45, 7) is 3.51. The lowest BCUT2D eigenvalue weighted by atomic mass is 10.2. The Kier molecular flexibility index (Phi) is 5.45. The van der Waals surface area contributed by atoms with E-state index in [4.69, 9.17) is 23.2 Å². The lowest BCUT2D eigenvalue weighted by Gasteiger charge is -2.35. The minimum atomic E-state index is -0.102. The molecule has 1 N–H and O–H groups in total. The fraction of sp³-hybridized carbons (Fsp3) is 0.278. The van der Waals surface area contributed by atoms with Gasteiger partial charge in [0.25, 0.3) is 0 Å². The second-order valence-electron chi connectivity index (χ2n) is 6.25. The maximum atomic E-state index is 12.3. The number of nitrogens with zero attached hydrogens (tertiary/aromatic N) is 4. The monoisotopic (exact) mass is 421 g/mol. The summed E-state index contributed by atoms with van der Waals surface area (Å²) >= 11 is 13.7. The van der Waals surface area contributed by atoms with Crippen molar-refractivity contribution in [3.05, 3.63) is 46.0 Å². The van der Waals surface area contributed by atoms with Gasteiger partial charge in [0.15, 0.2) is 0 Å². The van der Waals surface area contributed by atoms with Crippen LogP contribution in [0.25, 0.3) is 10.2 Å². The minimum Gasteiger partial charge on any atom is -0.353 e. The Balaban J connectivity index is 1.35. The van der Waals surface area contributed by atoms with Crippen LogP contribution in [0.15, 0.2) is 36.0 Å². The second-order valence-corrected chi connectivity index (χ2v) is 7.93. The van der Waals surface area contributed by atoms with E-state index < -0.39 is 0 Å². The Hall–Kier alpha value is -1.93. The molecule has 2 aromatic heterocycles. The Morgan fingerprint density at radius 1 is 1.15 bits per heavy atom. The number of piperazine rings is 1. The number of fused-ring (bicyclic) bond motifs is 1. The number of hydrogen-bond acceptors (Lipinski definition) is 6. The molecule has 1 aromatic carbocycles. The average molecular weight is 422 g/mol. The number of anilines is 2. The van der Waals surface area contributed by atoms with E-state index in [9.17, 15) is 4.79 Å². The van der Waals surface area contributed by atoms with E-state index in [1.165, 1.54) is 0 Å². The number of aromatic nitrogens is 2.